The summed E-state index contributed by atoms with van der Waals surface area (Å²) in [6, 6.07) is 16.4. The first-order valence-corrected chi connectivity index (χ1v) is 5.53. The molecule has 0 heterocycles. The predicted molar refractivity (Wildman–Crippen MR) is 70.9 cm³/mol. The van der Waals surface area contributed by atoms with Crippen LogP contribution in [0.2, 0.25) is 0 Å². The lowest BCUT2D eigenvalue weighted by molar-refractivity contribution is 0.370. The number of benzene rings is 2. The van der Waals surface area contributed by atoms with Crippen LogP contribution in [0.4, 0.5) is 0 Å². The van der Waals surface area contributed by atoms with Gasteiger partial charge in [-0.05, 0) is 30.2 Å². The van der Waals surface area contributed by atoms with E-state index in [4.69, 9.17) is 11.2 Å². The number of terminal acetylenes is 1. The van der Waals surface area contributed by atoms with Crippen LogP contribution in [0, 0.1) is 19.3 Å². The quantitative estimate of drug-likeness (QED) is 0.720. The minimum atomic E-state index is 0.309. The molecule has 17 heavy (non-hydrogen) atoms. The maximum atomic E-state index is 5.33. The predicted octanol–water partition coefficient (Wildman–Crippen LogP) is 3.67. The lowest BCUT2D eigenvalue weighted by atomic mass is 10.0. The average Bonchev–Trinajstić information content (AvgIpc) is 2.38. The van der Waals surface area contributed by atoms with E-state index in [1.165, 1.54) is 16.7 Å². The highest BCUT2D eigenvalue weighted by Crippen LogP contribution is 2.22. The summed E-state index contributed by atoms with van der Waals surface area (Å²) in [4.78, 5) is 0. The molecule has 2 rings (SSSR count). The minimum absolute atomic E-state index is 0.309. The number of rotatable bonds is 3. The Morgan fingerprint density at radius 3 is 2.00 bits per heavy atom. The third kappa shape index (κ3) is 2.89. The van der Waals surface area contributed by atoms with Crippen molar-refractivity contribution in [3.05, 3.63) is 54.1 Å². The Balaban J connectivity index is 2.18. The Morgan fingerprint density at radius 1 is 0.941 bits per heavy atom. The van der Waals surface area contributed by atoms with Crippen molar-refractivity contribution in [1.29, 1.82) is 0 Å². The van der Waals surface area contributed by atoms with Crippen molar-refractivity contribution in [2.45, 2.75) is 6.92 Å². The molecule has 0 amide bonds. The molecule has 0 saturated heterocycles. The molecule has 1 nitrogen and oxygen atoms in total. The third-order valence-electron chi connectivity index (χ3n) is 2.56. The second-order valence-corrected chi connectivity index (χ2v) is 3.88. The summed E-state index contributed by atoms with van der Waals surface area (Å²) in [6.45, 7) is 2.39. The summed E-state index contributed by atoms with van der Waals surface area (Å²) in [7, 11) is 0. The largest absolute Gasteiger partial charge is 0.481 e. The summed E-state index contributed by atoms with van der Waals surface area (Å²) in [5.41, 5.74) is 3.65. The molecule has 0 fully saturated rings. The van der Waals surface area contributed by atoms with Gasteiger partial charge in [-0.3, -0.25) is 0 Å². The zero-order valence-electron chi connectivity index (χ0n) is 9.81. The summed E-state index contributed by atoms with van der Waals surface area (Å²) in [6.07, 6.45) is 5.14. The van der Waals surface area contributed by atoms with Crippen LogP contribution >= 0.6 is 0 Å². The van der Waals surface area contributed by atoms with Crippen molar-refractivity contribution in [2.75, 3.05) is 6.61 Å². The van der Waals surface area contributed by atoms with Crippen LogP contribution in [0.25, 0.3) is 11.1 Å². The van der Waals surface area contributed by atoms with Crippen LogP contribution < -0.4 is 4.74 Å². The molecule has 0 aliphatic heterocycles. The maximum Gasteiger partial charge on any atom is 0.148 e. The van der Waals surface area contributed by atoms with E-state index in [1.54, 1.807) is 0 Å². The Kier molecular flexibility index (Phi) is 3.47. The molecular formula is C16H14O. The average molecular weight is 222 g/mol. The number of hydrogen-bond donors (Lipinski definition) is 0. The molecular weight excluding hydrogens is 208 g/mol. The zero-order chi connectivity index (χ0) is 12.1. The first-order chi connectivity index (χ1) is 8.29. The summed E-state index contributed by atoms with van der Waals surface area (Å²) >= 11 is 0. The van der Waals surface area contributed by atoms with E-state index in [1.807, 2.05) is 24.3 Å². The Labute approximate surface area is 102 Å². The van der Waals surface area contributed by atoms with Gasteiger partial charge in [0, 0.05) is 0 Å². The van der Waals surface area contributed by atoms with E-state index < -0.39 is 0 Å². The topological polar surface area (TPSA) is 9.23 Å². The van der Waals surface area contributed by atoms with Crippen molar-refractivity contribution in [1.82, 2.24) is 0 Å². The van der Waals surface area contributed by atoms with E-state index >= 15 is 0 Å². The number of ether oxygens (including phenoxy) is 1. The van der Waals surface area contributed by atoms with Crippen LogP contribution in [0.3, 0.4) is 0 Å². The molecule has 0 aliphatic carbocycles. The van der Waals surface area contributed by atoms with Gasteiger partial charge < -0.3 is 4.74 Å². The lowest BCUT2D eigenvalue weighted by Gasteiger charge is -2.05. The van der Waals surface area contributed by atoms with Crippen molar-refractivity contribution in [2.24, 2.45) is 0 Å². The molecule has 0 atom stereocenters. The summed E-state index contributed by atoms with van der Waals surface area (Å²) < 4.78 is 5.33. The van der Waals surface area contributed by atoms with Crippen LogP contribution in [0.15, 0.2) is 48.5 Å². The van der Waals surface area contributed by atoms with E-state index in [-0.39, 0.29) is 0 Å². The normalized spacial score (nSPS) is 9.65. The van der Waals surface area contributed by atoms with Gasteiger partial charge in [-0.2, -0.15) is 0 Å². The van der Waals surface area contributed by atoms with Gasteiger partial charge in [0.1, 0.15) is 12.4 Å². The van der Waals surface area contributed by atoms with Crippen molar-refractivity contribution >= 4 is 0 Å². The van der Waals surface area contributed by atoms with Gasteiger partial charge in [-0.15, -0.1) is 6.42 Å². The molecule has 0 spiro atoms. The van der Waals surface area contributed by atoms with Crippen LogP contribution in [0.5, 0.6) is 5.75 Å². The van der Waals surface area contributed by atoms with E-state index in [9.17, 15) is 0 Å². The second kappa shape index (κ2) is 5.23. The molecule has 0 bridgehead atoms. The molecule has 0 unspecified atom stereocenters. The van der Waals surface area contributed by atoms with Gasteiger partial charge in [0.15, 0.2) is 0 Å². The highest BCUT2D eigenvalue weighted by molar-refractivity contribution is 5.64. The molecule has 0 radical (unpaired) electrons. The van der Waals surface area contributed by atoms with Crippen LogP contribution in [-0.2, 0) is 0 Å². The van der Waals surface area contributed by atoms with E-state index in [0.717, 1.165) is 5.75 Å². The molecule has 84 valence electrons. The highest BCUT2D eigenvalue weighted by atomic mass is 16.5. The molecule has 0 saturated carbocycles. The van der Waals surface area contributed by atoms with Crippen molar-refractivity contribution < 1.29 is 4.74 Å². The maximum absolute atomic E-state index is 5.33. The molecule has 2 aromatic rings. The van der Waals surface area contributed by atoms with Gasteiger partial charge in [0.2, 0.25) is 0 Å². The molecule has 2 aromatic carbocycles. The first-order valence-electron chi connectivity index (χ1n) is 5.53. The van der Waals surface area contributed by atoms with Crippen LogP contribution in [-0.4, -0.2) is 6.61 Å². The third-order valence-corrected chi connectivity index (χ3v) is 2.56. The van der Waals surface area contributed by atoms with Crippen LogP contribution in [0.1, 0.15) is 5.56 Å². The van der Waals surface area contributed by atoms with Crippen molar-refractivity contribution in [3.8, 4) is 29.2 Å². The standard InChI is InChI=1S/C16H14O/c1-3-12-17-16-10-8-15(9-11-16)14-6-4-13(2)5-7-14/h1,4-11H,12H2,2H3. The van der Waals surface area contributed by atoms with Crippen molar-refractivity contribution in [3.63, 3.8) is 0 Å². The second-order valence-electron chi connectivity index (χ2n) is 3.88. The summed E-state index contributed by atoms with van der Waals surface area (Å²) in [5, 5.41) is 0. The zero-order valence-corrected chi connectivity index (χ0v) is 9.81. The molecule has 0 aliphatic rings. The molecule has 1 heteroatoms. The highest BCUT2D eigenvalue weighted by Gasteiger charge is 1.98. The number of aryl methyl sites for hydroxylation is 1. The fourth-order valence-corrected chi connectivity index (χ4v) is 1.61. The fraction of sp³-hybridized carbons (Fsp3) is 0.125. The monoisotopic (exact) mass is 222 g/mol. The van der Waals surface area contributed by atoms with Gasteiger partial charge >= 0.3 is 0 Å². The Bertz CT molecular complexity index is 515. The van der Waals surface area contributed by atoms with Gasteiger partial charge in [0.25, 0.3) is 0 Å². The number of hydrogen-bond acceptors (Lipinski definition) is 1. The van der Waals surface area contributed by atoms with Gasteiger partial charge in [-0.25, -0.2) is 0 Å². The first kappa shape index (κ1) is 11.3. The molecule has 0 N–H and O–H groups in total. The Morgan fingerprint density at radius 2 is 1.47 bits per heavy atom. The van der Waals surface area contributed by atoms with Gasteiger partial charge in [-0.1, -0.05) is 47.9 Å². The SMILES string of the molecule is C#CCOc1ccc(-c2ccc(C)cc2)cc1. The molecule has 0 aromatic heterocycles. The minimum Gasteiger partial charge on any atom is -0.481 e. The van der Waals surface area contributed by atoms with E-state index in [0.29, 0.717) is 6.61 Å². The fourth-order valence-electron chi connectivity index (χ4n) is 1.61. The van der Waals surface area contributed by atoms with E-state index in [2.05, 4.69) is 37.1 Å². The summed E-state index contributed by atoms with van der Waals surface area (Å²) in [5.74, 6) is 3.25. The van der Waals surface area contributed by atoms with Gasteiger partial charge in [0.05, 0.1) is 0 Å². The lowest BCUT2D eigenvalue weighted by Crippen LogP contribution is -1.92. The smallest absolute Gasteiger partial charge is 0.148 e. The Hall–Kier alpha value is -2.20.